The van der Waals surface area contributed by atoms with Crippen molar-refractivity contribution in [1.82, 2.24) is 49.8 Å². The van der Waals surface area contributed by atoms with Crippen molar-refractivity contribution in [3.8, 4) is 0 Å². The van der Waals surface area contributed by atoms with Crippen LogP contribution < -0.4 is 0 Å². The van der Waals surface area contributed by atoms with Crippen LogP contribution in [0.15, 0.2) is 135 Å². The van der Waals surface area contributed by atoms with Gasteiger partial charge in [0, 0.05) is 95.3 Å². The highest BCUT2D eigenvalue weighted by molar-refractivity contribution is 5.34. The molecular formula is C106H190N10. The minimum atomic E-state index is 0.0663. The summed E-state index contributed by atoms with van der Waals surface area (Å²) < 4.78 is 0. The second-order valence-corrected chi connectivity index (χ2v) is 34.4. The number of rotatable bonds is 12. The Morgan fingerprint density at radius 3 is 0.655 bits per heavy atom. The molecule has 7 aromatic heterocycles. The summed E-state index contributed by atoms with van der Waals surface area (Å²) in [6, 6.07) is 21.4. The third kappa shape index (κ3) is 51.4. The van der Waals surface area contributed by atoms with Crippen molar-refractivity contribution in [2.75, 3.05) is 0 Å². The fraction of sp³-hybridized carbons (Fsp3) is 0.642. The molecule has 10 heteroatoms. The summed E-state index contributed by atoms with van der Waals surface area (Å²) >= 11 is 0. The highest BCUT2D eigenvalue weighted by Gasteiger charge is 2.28. The number of aromatic nitrogens is 10. The molecule has 664 valence electrons. The van der Waals surface area contributed by atoms with Crippen LogP contribution in [0.4, 0.5) is 0 Å². The second-order valence-electron chi connectivity index (χ2n) is 34.4. The molecule has 0 aliphatic heterocycles. The van der Waals surface area contributed by atoms with Crippen LogP contribution in [0.3, 0.4) is 0 Å². The Morgan fingerprint density at radius 2 is 0.431 bits per heavy atom. The van der Waals surface area contributed by atoms with E-state index < -0.39 is 0 Å². The van der Waals surface area contributed by atoms with Crippen LogP contribution in [0.5, 0.6) is 0 Å². The summed E-state index contributed by atoms with van der Waals surface area (Å²) in [4.78, 5) is 42.9. The highest BCUT2D eigenvalue weighted by Crippen LogP contribution is 2.34. The van der Waals surface area contributed by atoms with Crippen LogP contribution in [-0.4, -0.2) is 49.8 Å². The lowest BCUT2D eigenvalue weighted by Crippen LogP contribution is -2.24. The Bertz CT molecular complexity index is 2820. The molecule has 0 aliphatic carbocycles. The van der Waals surface area contributed by atoms with Gasteiger partial charge in [0.05, 0.1) is 17.1 Å². The highest BCUT2D eigenvalue weighted by atomic mass is 14.8. The first kappa shape index (κ1) is 125. The first-order valence-electron chi connectivity index (χ1n) is 45.5. The number of nitrogens with zero attached hydrogens (tertiary/aromatic N) is 10. The van der Waals surface area contributed by atoms with Crippen molar-refractivity contribution < 1.29 is 0 Å². The molecule has 0 radical (unpaired) electrons. The average Bonchev–Trinajstić information content (AvgIpc) is 0.804. The zero-order valence-electron chi connectivity index (χ0n) is 86.1. The molecule has 0 aliphatic rings. The van der Waals surface area contributed by atoms with Gasteiger partial charge in [-0.1, -0.05) is 396 Å². The second kappa shape index (κ2) is 70.0. The fourth-order valence-electron chi connectivity index (χ4n) is 11.4. The Kier molecular flexibility index (Phi) is 75.2. The molecule has 8 rings (SSSR count). The monoisotopic (exact) mass is 1600 g/mol. The molecule has 10 nitrogen and oxygen atoms in total. The first-order chi connectivity index (χ1) is 54.2. The topological polar surface area (TPSA) is 129 Å². The van der Waals surface area contributed by atoms with Gasteiger partial charge in [-0.3, -0.25) is 29.9 Å². The van der Waals surface area contributed by atoms with Gasteiger partial charge in [-0.25, -0.2) is 19.9 Å². The van der Waals surface area contributed by atoms with Crippen LogP contribution in [0.2, 0.25) is 0 Å². The van der Waals surface area contributed by atoms with Crippen LogP contribution in [0, 0.1) is 0 Å². The van der Waals surface area contributed by atoms with Gasteiger partial charge in [0.1, 0.15) is 12.7 Å². The minimum absolute atomic E-state index is 0.0663. The van der Waals surface area contributed by atoms with Gasteiger partial charge in [-0.05, 0) is 156 Å². The van der Waals surface area contributed by atoms with E-state index in [0.29, 0.717) is 71.0 Å². The van der Waals surface area contributed by atoms with Gasteiger partial charge < -0.3 is 0 Å². The Labute approximate surface area is 723 Å². The number of hydrogen-bond donors (Lipinski definition) is 0. The first-order valence-corrected chi connectivity index (χ1v) is 45.5. The lowest BCUT2D eigenvalue weighted by molar-refractivity contribution is 0.498. The van der Waals surface area contributed by atoms with E-state index in [1.807, 2.05) is 172 Å². The average molecular weight is 1600 g/mol. The normalized spacial score (nSPS) is 10.5. The lowest BCUT2D eigenvalue weighted by atomic mass is 9.79. The van der Waals surface area contributed by atoms with E-state index in [1.165, 1.54) is 72.7 Å². The zero-order valence-corrected chi connectivity index (χ0v) is 86.1. The molecule has 8 aromatic rings. The van der Waals surface area contributed by atoms with E-state index in [4.69, 9.17) is 0 Å². The quantitative estimate of drug-likeness (QED) is 0.117. The van der Waals surface area contributed by atoms with E-state index in [9.17, 15) is 0 Å². The molecule has 0 N–H and O–H groups in total. The van der Waals surface area contributed by atoms with Gasteiger partial charge >= 0.3 is 0 Å². The lowest BCUT2D eigenvalue weighted by Gasteiger charge is -2.27. The molecule has 0 fully saturated rings. The molecule has 0 bridgehead atoms. The van der Waals surface area contributed by atoms with Crippen LogP contribution in [0.1, 0.15) is 521 Å². The number of hydrogen-bond acceptors (Lipinski definition) is 10. The standard InChI is InChI=1S/2C12H20N2.C12H18.4C11H17N.C10H16N2.8C2H6/c1-11(2,3)9-7-13-8-14-10(9)12(4,5)6;1-11(2,3)9-10(12(4,5)6)14-8-7-13-9;1-9(2)11-7-5-6-8-12(11)10(3)4;2*1-8(2)10-5-6-12-7-11(10)9(3)4;2*1-8(2)10-6-5-7-12-11(10)9(3)4;1-7(2)9-5-11-6-12-10(9)8(3)4;8*1-2/h2*7-8H,1-6H3;5-10H,1-4H3;4*5-9H,1-4H3;5-8H,1-4H3;8*1-2H3. The minimum Gasteiger partial charge on any atom is -0.264 e. The van der Waals surface area contributed by atoms with E-state index in [-0.39, 0.29) is 21.7 Å². The van der Waals surface area contributed by atoms with Crippen molar-refractivity contribution in [2.45, 2.75) is 453 Å². The summed E-state index contributed by atoms with van der Waals surface area (Å²) in [6.45, 7) is 111. The maximum Gasteiger partial charge on any atom is 0.115 e. The predicted molar refractivity (Wildman–Crippen MR) is 524 cm³/mol. The van der Waals surface area contributed by atoms with Crippen LogP contribution in [0.25, 0.3) is 0 Å². The summed E-state index contributed by atoms with van der Waals surface area (Å²) in [6.07, 6.45) is 22.1. The summed E-state index contributed by atoms with van der Waals surface area (Å²) in [5.74, 6) is 6.88. The van der Waals surface area contributed by atoms with Gasteiger partial charge in [0.15, 0.2) is 0 Å². The summed E-state index contributed by atoms with van der Waals surface area (Å²) in [7, 11) is 0. The van der Waals surface area contributed by atoms with Crippen LogP contribution in [-0.2, 0) is 21.7 Å². The van der Waals surface area contributed by atoms with Crippen molar-refractivity contribution in [1.29, 1.82) is 0 Å². The van der Waals surface area contributed by atoms with Gasteiger partial charge in [-0.2, -0.15) is 0 Å². The van der Waals surface area contributed by atoms with Crippen LogP contribution >= 0.6 is 0 Å². The predicted octanol–water partition coefficient (Wildman–Crippen LogP) is 34.3. The molecular weight excluding hydrogens is 1410 g/mol. The van der Waals surface area contributed by atoms with Crippen molar-refractivity contribution in [3.05, 3.63) is 225 Å². The zero-order chi connectivity index (χ0) is 92.8. The molecule has 0 unspecified atom stereocenters. The van der Waals surface area contributed by atoms with Crippen molar-refractivity contribution in [2.24, 2.45) is 0 Å². The fourth-order valence-corrected chi connectivity index (χ4v) is 11.4. The SMILES string of the molecule is CC.CC.CC.CC.CC.CC.CC.CC.CC(C)(C)c1cncnc1C(C)(C)C.CC(C)(C)c1nccnc1C(C)(C)C.CC(C)c1ccccc1C(C)C.CC(C)c1cccnc1C(C)C.CC(C)c1cccnc1C(C)C.CC(C)c1ccncc1C(C)C.CC(C)c1ccncc1C(C)C.CC(C)c1cncnc1C(C)C. The Morgan fingerprint density at radius 1 is 0.190 bits per heavy atom. The third-order valence-corrected chi connectivity index (χ3v) is 16.9. The van der Waals surface area contributed by atoms with Crippen molar-refractivity contribution >= 4 is 0 Å². The molecule has 0 atom stereocenters. The molecule has 0 amide bonds. The Balaban J connectivity index is -0.000000187. The van der Waals surface area contributed by atoms with Crippen molar-refractivity contribution in [3.63, 3.8) is 0 Å². The molecule has 7 heterocycles. The van der Waals surface area contributed by atoms with Gasteiger partial charge in [-0.15, -0.1) is 0 Å². The smallest absolute Gasteiger partial charge is 0.115 e. The maximum absolute atomic E-state index is 4.45. The summed E-state index contributed by atoms with van der Waals surface area (Å²) in [5, 5.41) is 0. The molecule has 0 spiro atoms. The number of benzene rings is 1. The molecule has 116 heavy (non-hydrogen) atoms. The molecule has 0 saturated heterocycles. The van der Waals surface area contributed by atoms with E-state index >= 15 is 0 Å². The Hall–Kier alpha value is -6.94. The number of pyridine rings is 4. The molecule has 1 aromatic carbocycles. The van der Waals surface area contributed by atoms with Gasteiger partial charge in [0.2, 0.25) is 0 Å². The maximum atomic E-state index is 4.45. The largest absolute Gasteiger partial charge is 0.264 e. The third-order valence-electron chi connectivity index (χ3n) is 16.9. The van der Waals surface area contributed by atoms with E-state index in [1.54, 1.807) is 25.0 Å². The molecule has 0 saturated carbocycles. The van der Waals surface area contributed by atoms with Gasteiger partial charge in [0.25, 0.3) is 0 Å². The van der Waals surface area contributed by atoms with E-state index in [2.05, 4.69) is 348 Å². The summed E-state index contributed by atoms with van der Waals surface area (Å²) in [5.41, 5.74) is 21.3. The van der Waals surface area contributed by atoms with E-state index in [0.717, 1.165) is 17.1 Å².